The van der Waals surface area contributed by atoms with Gasteiger partial charge in [-0.05, 0) is 24.3 Å². The van der Waals surface area contributed by atoms with Gasteiger partial charge in [0.2, 0.25) is 12.2 Å². The minimum Gasteiger partial charge on any atom is -0.460 e. The molecule has 1 N–H and O–H groups in total. The third kappa shape index (κ3) is 3.36. The summed E-state index contributed by atoms with van der Waals surface area (Å²) < 4.78 is 15.3. The van der Waals surface area contributed by atoms with Gasteiger partial charge in [0.05, 0.1) is 6.61 Å². The maximum atomic E-state index is 11.8. The van der Waals surface area contributed by atoms with Crippen LogP contribution in [-0.2, 0) is 14.3 Å². The topological polar surface area (TPSA) is 77.8 Å². The van der Waals surface area contributed by atoms with Gasteiger partial charge in [0, 0.05) is 31.2 Å². The molecule has 0 saturated heterocycles. The Morgan fingerprint density at radius 2 is 2.20 bits per heavy atom. The molecule has 0 saturated carbocycles. The van der Waals surface area contributed by atoms with E-state index < -0.39 is 5.97 Å². The van der Waals surface area contributed by atoms with Crippen molar-refractivity contribution in [2.75, 3.05) is 25.6 Å². The molecule has 20 heavy (non-hydrogen) atoms. The minimum absolute atomic E-state index is 0.140. The second-order valence-corrected chi connectivity index (χ2v) is 4.11. The number of carbonyl (C=O) groups excluding carboxylic acids is 2. The van der Waals surface area contributed by atoms with Crippen LogP contribution in [0.3, 0.4) is 0 Å². The number of fused-ring (bicyclic) bond motifs is 1. The van der Waals surface area contributed by atoms with Gasteiger partial charge in [-0.25, -0.2) is 4.79 Å². The number of hydrogen-bond acceptors (Lipinski definition) is 5. The summed E-state index contributed by atoms with van der Waals surface area (Å²) in [6.07, 6.45) is 1.22. The fourth-order valence-corrected chi connectivity index (χ4v) is 1.74. The molecular weight excluding hydrogens is 262 g/mol. The van der Waals surface area contributed by atoms with Crippen molar-refractivity contribution in [1.29, 1.82) is 0 Å². The van der Waals surface area contributed by atoms with Crippen molar-refractivity contribution in [2.24, 2.45) is 0 Å². The number of esters is 1. The van der Waals surface area contributed by atoms with E-state index >= 15 is 0 Å². The van der Waals surface area contributed by atoms with E-state index in [0.717, 1.165) is 5.39 Å². The van der Waals surface area contributed by atoms with Crippen LogP contribution in [0, 0.1) is 0 Å². The van der Waals surface area contributed by atoms with Crippen molar-refractivity contribution in [1.82, 2.24) is 0 Å². The van der Waals surface area contributed by atoms with Gasteiger partial charge >= 0.3 is 5.97 Å². The Hall–Kier alpha value is -2.34. The lowest BCUT2D eigenvalue weighted by Gasteiger charge is -2.01. The molecule has 0 aliphatic rings. The maximum absolute atomic E-state index is 11.8. The highest BCUT2D eigenvalue weighted by atomic mass is 16.5. The Labute approximate surface area is 115 Å². The van der Waals surface area contributed by atoms with E-state index in [2.05, 4.69) is 5.32 Å². The number of methoxy groups -OCH3 is 1. The molecule has 0 aliphatic carbocycles. The zero-order valence-electron chi connectivity index (χ0n) is 11.0. The standard InChI is InChI=1S/C14H15NO5/c1-18-5-2-6-19-14(17)13-8-10-7-11(15-9-16)3-4-12(10)20-13/h3-4,7-9H,2,5-6H2,1H3,(H,15,16). The lowest BCUT2D eigenvalue weighted by Crippen LogP contribution is -2.06. The van der Waals surface area contributed by atoms with Crippen LogP contribution in [-0.4, -0.2) is 32.7 Å². The van der Waals surface area contributed by atoms with E-state index in [1.165, 1.54) is 0 Å². The van der Waals surface area contributed by atoms with E-state index in [0.29, 0.717) is 30.7 Å². The van der Waals surface area contributed by atoms with Gasteiger partial charge in [0.1, 0.15) is 5.58 Å². The fraction of sp³-hybridized carbons (Fsp3) is 0.286. The molecule has 0 fully saturated rings. The maximum Gasteiger partial charge on any atom is 0.374 e. The fourth-order valence-electron chi connectivity index (χ4n) is 1.74. The molecule has 0 unspecified atom stereocenters. The largest absolute Gasteiger partial charge is 0.460 e. The Kier molecular flexibility index (Phi) is 4.73. The smallest absolute Gasteiger partial charge is 0.374 e. The van der Waals surface area contributed by atoms with Crippen molar-refractivity contribution in [2.45, 2.75) is 6.42 Å². The van der Waals surface area contributed by atoms with E-state index in [1.807, 2.05) is 0 Å². The highest BCUT2D eigenvalue weighted by molar-refractivity contribution is 5.94. The molecule has 1 heterocycles. The predicted octanol–water partition coefficient (Wildman–Crippen LogP) is 2.19. The molecule has 2 aromatic rings. The number of furan rings is 1. The molecule has 0 spiro atoms. The first-order chi connectivity index (χ1) is 9.74. The first-order valence-corrected chi connectivity index (χ1v) is 6.14. The molecule has 0 radical (unpaired) electrons. The molecule has 0 aliphatic heterocycles. The van der Waals surface area contributed by atoms with Gasteiger partial charge in [-0.15, -0.1) is 0 Å². The summed E-state index contributed by atoms with van der Waals surface area (Å²) in [5, 5.41) is 3.26. The van der Waals surface area contributed by atoms with Gasteiger partial charge in [0.15, 0.2) is 0 Å². The Morgan fingerprint density at radius 3 is 2.95 bits per heavy atom. The van der Waals surface area contributed by atoms with Crippen molar-refractivity contribution < 1.29 is 23.5 Å². The van der Waals surface area contributed by atoms with Gasteiger partial charge < -0.3 is 19.2 Å². The lowest BCUT2D eigenvalue weighted by molar-refractivity contribution is -0.105. The predicted molar refractivity (Wildman–Crippen MR) is 72.7 cm³/mol. The summed E-state index contributed by atoms with van der Waals surface area (Å²) in [6, 6.07) is 6.68. The molecule has 6 heteroatoms. The third-order valence-corrected chi connectivity index (χ3v) is 2.67. The number of nitrogens with one attached hydrogen (secondary N) is 1. The molecule has 0 bridgehead atoms. The highest BCUT2D eigenvalue weighted by Crippen LogP contribution is 2.23. The summed E-state index contributed by atoms with van der Waals surface area (Å²) in [5.41, 5.74) is 1.19. The molecule has 0 atom stereocenters. The van der Waals surface area contributed by atoms with Gasteiger partial charge in [-0.3, -0.25) is 4.79 Å². The first kappa shape index (κ1) is 14.1. The van der Waals surface area contributed by atoms with E-state index in [9.17, 15) is 9.59 Å². The van der Waals surface area contributed by atoms with Gasteiger partial charge in [0.25, 0.3) is 0 Å². The van der Waals surface area contributed by atoms with Crippen LogP contribution in [0.25, 0.3) is 11.0 Å². The second kappa shape index (κ2) is 6.72. The average Bonchev–Trinajstić information content (AvgIpc) is 2.87. The number of anilines is 1. The van der Waals surface area contributed by atoms with E-state index in [-0.39, 0.29) is 12.4 Å². The molecule has 1 aromatic carbocycles. The van der Waals surface area contributed by atoms with Crippen LogP contribution < -0.4 is 5.32 Å². The highest BCUT2D eigenvalue weighted by Gasteiger charge is 2.13. The lowest BCUT2D eigenvalue weighted by atomic mass is 10.2. The normalized spacial score (nSPS) is 10.4. The monoisotopic (exact) mass is 277 g/mol. The van der Waals surface area contributed by atoms with Crippen molar-refractivity contribution in [3.8, 4) is 0 Å². The van der Waals surface area contributed by atoms with Crippen LogP contribution in [0.1, 0.15) is 17.0 Å². The zero-order valence-corrected chi connectivity index (χ0v) is 11.0. The summed E-state index contributed by atoms with van der Waals surface area (Å²) in [5.74, 6) is -0.372. The molecule has 106 valence electrons. The number of carbonyl (C=O) groups is 2. The summed E-state index contributed by atoms with van der Waals surface area (Å²) in [7, 11) is 1.59. The number of benzene rings is 1. The molecule has 6 nitrogen and oxygen atoms in total. The average molecular weight is 277 g/mol. The Balaban J connectivity index is 2.06. The van der Waals surface area contributed by atoms with Crippen LogP contribution >= 0.6 is 0 Å². The van der Waals surface area contributed by atoms with E-state index in [4.69, 9.17) is 13.9 Å². The van der Waals surface area contributed by atoms with Crippen LogP contribution in [0.5, 0.6) is 0 Å². The quantitative estimate of drug-likeness (QED) is 0.477. The Bertz CT molecular complexity index is 605. The molecular formula is C14H15NO5. The zero-order chi connectivity index (χ0) is 14.4. The van der Waals surface area contributed by atoms with Crippen molar-refractivity contribution in [3.05, 3.63) is 30.0 Å². The Morgan fingerprint density at radius 1 is 1.35 bits per heavy atom. The van der Waals surface area contributed by atoms with Gasteiger partial charge in [-0.1, -0.05) is 0 Å². The van der Waals surface area contributed by atoms with E-state index in [1.54, 1.807) is 31.4 Å². The summed E-state index contributed by atoms with van der Waals surface area (Å²) in [4.78, 5) is 22.1. The van der Waals surface area contributed by atoms with Crippen molar-refractivity contribution in [3.63, 3.8) is 0 Å². The minimum atomic E-state index is -0.512. The van der Waals surface area contributed by atoms with Crippen LogP contribution in [0.2, 0.25) is 0 Å². The van der Waals surface area contributed by atoms with Crippen LogP contribution in [0.4, 0.5) is 5.69 Å². The number of hydrogen-bond donors (Lipinski definition) is 1. The summed E-state index contributed by atoms with van der Waals surface area (Å²) >= 11 is 0. The third-order valence-electron chi connectivity index (χ3n) is 2.67. The SMILES string of the molecule is COCCCOC(=O)c1cc2cc(NC=O)ccc2o1. The number of ether oxygens (including phenoxy) is 2. The molecule has 1 aromatic heterocycles. The molecule has 2 rings (SSSR count). The number of amides is 1. The van der Waals surface area contributed by atoms with Crippen LogP contribution in [0.15, 0.2) is 28.7 Å². The molecule has 1 amide bonds. The van der Waals surface area contributed by atoms with Gasteiger partial charge in [-0.2, -0.15) is 0 Å². The summed E-state index contributed by atoms with van der Waals surface area (Å²) in [6.45, 7) is 0.815. The number of rotatable bonds is 7. The van der Waals surface area contributed by atoms with Crippen molar-refractivity contribution >= 4 is 29.0 Å². The first-order valence-electron chi connectivity index (χ1n) is 6.14. The second-order valence-electron chi connectivity index (χ2n) is 4.11.